The normalized spacial score (nSPS) is 14.1. The molecule has 1 heterocycles. The highest BCUT2D eigenvalue weighted by molar-refractivity contribution is 6.31. The van der Waals surface area contributed by atoms with Crippen molar-refractivity contribution in [2.75, 3.05) is 20.6 Å². The summed E-state index contributed by atoms with van der Waals surface area (Å²) in [6.45, 7) is 1.07. The fourth-order valence-electron chi connectivity index (χ4n) is 1.66. The first-order valence-corrected chi connectivity index (χ1v) is 6.01. The molecule has 19 heavy (non-hydrogen) atoms. The fraction of sp³-hybridized carbons (Fsp3) is 0.700. The van der Waals surface area contributed by atoms with Gasteiger partial charge < -0.3 is 4.90 Å². The summed E-state index contributed by atoms with van der Waals surface area (Å²) in [4.78, 5) is 1.90. The standard InChI is InChI=1S/C10H17ClF3N5/c1-18(2)3-4-19-9(7(11)6-16-19)8(17-15)5-10(12,13)14/h6,8,17H,3-5,15H2,1-2H3. The number of alkyl halides is 3. The van der Waals surface area contributed by atoms with E-state index in [0.29, 0.717) is 13.1 Å². The molecule has 1 atom stereocenters. The van der Waals surface area contributed by atoms with E-state index in [0.717, 1.165) is 0 Å². The van der Waals surface area contributed by atoms with Gasteiger partial charge in [0.1, 0.15) is 0 Å². The van der Waals surface area contributed by atoms with Gasteiger partial charge in [0.2, 0.25) is 0 Å². The van der Waals surface area contributed by atoms with E-state index in [-0.39, 0.29) is 10.7 Å². The lowest BCUT2D eigenvalue weighted by Crippen LogP contribution is -2.34. The Morgan fingerprint density at radius 1 is 1.53 bits per heavy atom. The molecule has 0 radical (unpaired) electrons. The van der Waals surface area contributed by atoms with Crippen LogP contribution in [0.15, 0.2) is 6.20 Å². The number of rotatable bonds is 6. The minimum atomic E-state index is -4.34. The van der Waals surface area contributed by atoms with Crippen molar-refractivity contribution in [3.8, 4) is 0 Å². The highest BCUT2D eigenvalue weighted by Crippen LogP contribution is 2.32. The van der Waals surface area contributed by atoms with Crippen LogP contribution in [0.5, 0.6) is 0 Å². The van der Waals surface area contributed by atoms with E-state index < -0.39 is 18.6 Å². The predicted octanol–water partition coefficient (Wildman–Crippen LogP) is 1.55. The number of likely N-dealkylation sites (N-methyl/N-ethyl adjacent to an activating group) is 1. The third kappa shape index (κ3) is 4.98. The minimum Gasteiger partial charge on any atom is -0.308 e. The molecule has 110 valence electrons. The largest absolute Gasteiger partial charge is 0.391 e. The van der Waals surface area contributed by atoms with Gasteiger partial charge in [-0.25, -0.2) is 0 Å². The zero-order valence-electron chi connectivity index (χ0n) is 10.7. The Morgan fingerprint density at radius 3 is 2.63 bits per heavy atom. The Bertz CT molecular complexity index is 404. The molecule has 5 nitrogen and oxygen atoms in total. The first-order valence-electron chi connectivity index (χ1n) is 5.63. The molecule has 3 N–H and O–H groups in total. The average Bonchev–Trinajstić information content (AvgIpc) is 2.63. The van der Waals surface area contributed by atoms with Gasteiger partial charge in [-0.3, -0.25) is 16.0 Å². The molecular formula is C10H17ClF3N5. The number of halogens is 4. The Hall–Kier alpha value is -0.830. The van der Waals surface area contributed by atoms with Gasteiger partial charge in [-0.2, -0.15) is 18.3 Å². The number of nitrogens with one attached hydrogen (secondary N) is 1. The second-order valence-corrected chi connectivity index (χ2v) is 4.85. The van der Waals surface area contributed by atoms with Crippen LogP contribution in [-0.4, -0.2) is 41.5 Å². The van der Waals surface area contributed by atoms with Crippen LogP contribution < -0.4 is 11.3 Å². The number of hydrazine groups is 1. The molecular weight excluding hydrogens is 283 g/mol. The molecule has 0 aliphatic heterocycles. The zero-order valence-corrected chi connectivity index (χ0v) is 11.5. The molecule has 0 spiro atoms. The predicted molar refractivity (Wildman–Crippen MR) is 66.5 cm³/mol. The van der Waals surface area contributed by atoms with E-state index in [1.807, 2.05) is 19.0 Å². The lowest BCUT2D eigenvalue weighted by molar-refractivity contribution is -0.140. The summed E-state index contributed by atoms with van der Waals surface area (Å²) in [6.07, 6.45) is -4.11. The number of hydrogen-bond donors (Lipinski definition) is 2. The number of aromatic nitrogens is 2. The lowest BCUT2D eigenvalue weighted by atomic mass is 10.1. The van der Waals surface area contributed by atoms with Crippen LogP contribution in [0.25, 0.3) is 0 Å². The minimum absolute atomic E-state index is 0.172. The molecule has 9 heteroatoms. The van der Waals surface area contributed by atoms with Gasteiger partial charge in [0.05, 0.1) is 35.9 Å². The van der Waals surface area contributed by atoms with Crippen LogP contribution in [0.1, 0.15) is 18.2 Å². The first kappa shape index (κ1) is 16.2. The molecule has 0 saturated heterocycles. The Balaban J connectivity index is 2.92. The van der Waals surface area contributed by atoms with Crippen LogP contribution in [0.3, 0.4) is 0 Å². The average molecular weight is 300 g/mol. The van der Waals surface area contributed by atoms with Crippen molar-refractivity contribution in [2.45, 2.75) is 25.2 Å². The molecule has 0 saturated carbocycles. The van der Waals surface area contributed by atoms with Gasteiger partial charge in [-0.1, -0.05) is 11.6 Å². The second kappa shape index (κ2) is 6.56. The summed E-state index contributed by atoms with van der Waals surface area (Å²) in [6, 6.07) is -1.11. The Kier molecular flexibility index (Phi) is 5.60. The maximum atomic E-state index is 12.5. The van der Waals surface area contributed by atoms with Gasteiger partial charge in [-0.15, -0.1) is 0 Å². The van der Waals surface area contributed by atoms with Crippen molar-refractivity contribution in [2.24, 2.45) is 5.84 Å². The Labute approximate surface area is 114 Å². The third-order valence-electron chi connectivity index (χ3n) is 2.56. The zero-order chi connectivity index (χ0) is 14.6. The molecule has 0 aliphatic rings. The highest BCUT2D eigenvalue weighted by Gasteiger charge is 2.34. The van der Waals surface area contributed by atoms with Gasteiger partial charge >= 0.3 is 6.18 Å². The van der Waals surface area contributed by atoms with Gasteiger partial charge in [0.15, 0.2) is 0 Å². The van der Waals surface area contributed by atoms with Gasteiger partial charge in [0.25, 0.3) is 0 Å². The molecule has 0 amide bonds. The molecule has 0 aromatic carbocycles. The van der Waals surface area contributed by atoms with E-state index in [1.165, 1.54) is 10.9 Å². The molecule has 1 rings (SSSR count). The van der Waals surface area contributed by atoms with Crippen LogP contribution in [0, 0.1) is 0 Å². The van der Waals surface area contributed by atoms with Gasteiger partial charge in [-0.05, 0) is 14.1 Å². The lowest BCUT2D eigenvalue weighted by Gasteiger charge is -2.20. The van der Waals surface area contributed by atoms with E-state index in [9.17, 15) is 13.2 Å². The summed E-state index contributed by atoms with van der Waals surface area (Å²) >= 11 is 5.90. The maximum absolute atomic E-state index is 12.5. The number of nitrogens with two attached hydrogens (primary N) is 1. The second-order valence-electron chi connectivity index (χ2n) is 4.44. The van der Waals surface area contributed by atoms with Crippen molar-refractivity contribution < 1.29 is 13.2 Å². The van der Waals surface area contributed by atoms with Crippen molar-refractivity contribution in [3.63, 3.8) is 0 Å². The van der Waals surface area contributed by atoms with Crippen LogP contribution in [0.4, 0.5) is 13.2 Å². The molecule has 1 aromatic heterocycles. The summed E-state index contributed by atoms with van der Waals surface area (Å²) in [7, 11) is 3.72. The topological polar surface area (TPSA) is 59.1 Å². The summed E-state index contributed by atoms with van der Waals surface area (Å²) in [5.74, 6) is 5.20. The molecule has 0 bridgehead atoms. The van der Waals surface area contributed by atoms with E-state index in [2.05, 4.69) is 10.5 Å². The quantitative estimate of drug-likeness (QED) is 0.618. The number of nitrogens with zero attached hydrogens (tertiary/aromatic N) is 3. The molecule has 1 unspecified atom stereocenters. The smallest absolute Gasteiger partial charge is 0.308 e. The van der Waals surface area contributed by atoms with Gasteiger partial charge in [0, 0.05) is 6.54 Å². The van der Waals surface area contributed by atoms with Crippen molar-refractivity contribution >= 4 is 11.6 Å². The van der Waals surface area contributed by atoms with E-state index in [4.69, 9.17) is 17.4 Å². The third-order valence-corrected chi connectivity index (χ3v) is 2.85. The van der Waals surface area contributed by atoms with Crippen molar-refractivity contribution in [1.29, 1.82) is 0 Å². The summed E-state index contributed by atoms with van der Waals surface area (Å²) in [5, 5.41) is 4.15. The number of hydrogen-bond acceptors (Lipinski definition) is 4. The first-order chi connectivity index (χ1) is 8.74. The van der Waals surface area contributed by atoms with Crippen LogP contribution in [0.2, 0.25) is 5.02 Å². The monoisotopic (exact) mass is 299 g/mol. The molecule has 0 aliphatic carbocycles. The molecule has 0 fully saturated rings. The highest BCUT2D eigenvalue weighted by atomic mass is 35.5. The fourth-order valence-corrected chi connectivity index (χ4v) is 1.93. The van der Waals surface area contributed by atoms with Crippen molar-refractivity contribution in [1.82, 2.24) is 20.1 Å². The molecule has 1 aromatic rings. The van der Waals surface area contributed by atoms with Crippen molar-refractivity contribution in [3.05, 3.63) is 16.9 Å². The summed E-state index contributed by atoms with van der Waals surface area (Å²) in [5.41, 5.74) is 2.40. The van der Waals surface area contributed by atoms with Crippen LogP contribution >= 0.6 is 11.6 Å². The van der Waals surface area contributed by atoms with E-state index in [1.54, 1.807) is 0 Å². The maximum Gasteiger partial charge on any atom is 0.391 e. The Morgan fingerprint density at radius 2 is 2.16 bits per heavy atom. The van der Waals surface area contributed by atoms with Crippen LogP contribution in [-0.2, 0) is 6.54 Å². The van der Waals surface area contributed by atoms with E-state index >= 15 is 0 Å². The SMILES string of the molecule is CN(C)CCn1ncc(Cl)c1C(CC(F)(F)F)NN. The summed E-state index contributed by atoms with van der Waals surface area (Å²) < 4.78 is 38.9.